The molecule has 0 saturated heterocycles. The number of aryl methyl sites for hydroxylation is 1. The smallest absolute Gasteiger partial charge is 0.224 e. The Morgan fingerprint density at radius 1 is 1.27 bits per heavy atom. The molecule has 0 spiro atoms. The second-order valence-corrected chi connectivity index (χ2v) is 4.19. The summed E-state index contributed by atoms with van der Waals surface area (Å²) in [5.74, 6) is 0.0249. The average molecular weight is 225 g/mol. The Balaban J connectivity index is 2.43. The van der Waals surface area contributed by atoms with E-state index < -0.39 is 0 Å². The zero-order valence-electron chi connectivity index (χ0n) is 9.08. The molecule has 0 aromatic heterocycles. The number of halogens is 1. The van der Waals surface area contributed by atoms with Gasteiger partial charge in [0.05, 0.1) is 0 Å². The third-order valence-corrected chi connectivity index (χ3v) is 2.89. The van der Waals surface area contributed by atoms with E-state index in [0.717, 1.165) is 25.7 Å². The van der Waals surface area contributed by atoms with Gasteiger partial charge in [-0.1, -0.05) is 43.7 Å². The summed E-state index contributed by atoms with van der Waals surface area (Å²) < 4.78 is 0. The molecule has 2 heteroatoms. The Morgan fingerprint density at radius 2 is 1.93 bits per heavy atom. The molecule has 1 rings (SSSR count). The lowest BCUT2D eigenvalue weighted by Crippen LogP contribution is -2.09. The van der Waals surface area contributed by atoms with Gasteiger partial charge in [0.1, 0.15) is 0 Å². The van der Waals surface area contributed by atoms with E-state index in [4.69, 9.17) is 11.6 Å². The van der Waals surface area contributed by atoms with Crippen molar-refractivity contribution in [3.8, 4) is 0 Å². The minimum Gasteiger partial charge on any atom is -0.281 e. The van der Waals surface area contributed by atoms with Crippen LogP contribution in [-0.4, -0.2) is 5.24 Å². The van der Waals surface area contributed by atoms with Gasteiger partial charge in [-0.05, 0) is 36.4 Å². The predicted molar refractivity (Wildman–Crippen MR) is 64.0 cm³/mol. The monoisotopic (exact) mass is 224 g/mol. The third-order valence-electron chi connectivity index (χ3n) is 2.58. The SMILES string of the molecule is CCCC(CCc1ccccc1)C(=O)Cl. The van der Waals surface area contributed by atoms with E-state index in [1.54, 1.807) is 0 Å². The summed E-state index contributed by atoms with van der Waals surface area (Å²) >= 11 is 5.55. The molecule has 0 aliphatic carbocycles. The maximum Gasteiger partial charge on any atom is 0.224 e. The van der Waals surface area contributed by atoms with Gasteiger partial charge in [-0.3, -0.25) is 4.79 Å². The van der Waals surface area contributed by atoms with E-state index in [0.29, 0.717) is 0 Å². The van der Waals surface area contributed by atoms with E-state index in [2.05, 4.69) is 19.1 Å². The normalized spacial score (nSPS) is 12.4. The van der Waals surface area contributed by atoms with Gasteiger partial charge in [0.15, 0.2) is 0 Å². The van der Waals surface area contributed by atoms with Crippen molar-refractivity contribution in [2.45, 2.75) is 32.6 Å². The van der Waals surface area contributed by atoms with Crippen molar-refractivity contribution in [1.82, 2.24) is 0 Å². The lowest BCUT2D eigenvalue weighted by atomic mass is 9.96. The zero-order chi connectivity index (χ0) is 11.1. The summed E-state index contributed by atoms with van der Waals surface area (Å²) in [6.07, 6.45) is 3.71. The van der Waals surface area contributed by atoms with Gasteiger partial charge in [-0.25, -0.2) is 0 Å². The summed E-state index contributed by atoms with van der Waals surface area (Å²) in [7, 11) is 0. The van der Waals surface area contributed by atoms with Crippen LogP contribution in [0.3, 0.4) is 0 Å². The zero-order valence-corrected chi connectivity index (χ0v) is 9.83. The Morgan fingerprint density at radius 3 is 2.47 bits per heavy atom. The van der Waals surface area contributed by atoms with Crippen molar-refractivity contribution >= 4 is 16.8 Å². The Labute approximate surface area is 96.5 Å². The summed E-state index contributed by atoms with van der Waals surface area (Å²) in [6, 6.07) is 10.2. The van der Waals surface area contributed by atoms with Crippen LogP contribution in [0.25, 0.3) is 0 Å². The molecular formula is C13H17ClO. The van der Waals surface area contributed by atoms with Crippen LogP contribution >= 0.6 is 11.6 Å². The molecule has 0 radical (unpaired) electrons. The number of benzene rings is 1. The van der Waals surface area contributed by atoms with E-state index in [1.165, 1.54) is 5.56 Å². The number of rotatable bonds is 6. The first-order valence-corrected chi connectivity index (χ1v) is 5.85. The van der Waals surface area contributed by atoms with Crippen LogP contribution in [0.15, 0.2) is 30.3 Å². The van der Waals surface area contributed by atoms with Crippen LogP contribution in [0, 0.1) is 5.92 Å². The molecule has 0 amide bonds. The van der Waals surface area contributed by atoms with Crippen molar-refractivity contribution < 1.29 is 4.79 Å². The fraction of sp³-hybridized carbons (Fsp3) is 0.462. The standard InChI is InChI=1S/C13H17ClO/c1-2-6-12(13(14)15)10-9-11-7-4-3-5-8-11/h3-5,7-8,12H,2,6,9-10H2,1H3. The molecule has 0 fully saturated rings. The molecule has 0 aliphatic heterocycles. The molecular weight excluding hydrogens is 208 g/mol. The first kappa shape index (κ1) is 12.3. The largest absolute Gasteiger partial charge is 0.281 e. The van der Waals surface area contributed by atoms with E-state index >= 15 is 0 Å². The Bertz CT molecular complexity index is 295. The minimum atomic E-state index is -0.187. The highest BCUT2D eigenvalue weighted by atomic mass is 35.5. The molecule has 0 saturated carbocycles. The lowest BCUT2D eigenvalue weighted by molar-refractivity contribution is -0.115. The van der Waals surface area contributed by atoms with Gasteiger partial charge in [0, 0.05) is 5.92 Å². The first-order chi connectivity index (χ1) is 7.24. The van der Waals surface area contributed by atoms with Crippen molar-refractivity contribution in [2.75, 3.05) is 0 Å². The van der Waals surface area contributed by atoms with Gasteiger partial charge in [-0.2, -0.15) is 0 Å². The third kappa shape index (κ3) is 4.48. The van der Waals surface area contributed by atoms with Crippen LogP contribution in [0.2, 0.25) is 0 Å². The van der Waals surface area contributed by atoms with Crippen LogP contribution in [0.4, 0.5) is 0 Å². The molecule has 1 aromatic carbocycles. The summed E-state index contributed by atoms with van der Waals surface area (Å²) in [5, 5.41) is -0.187. The second-order valence-electron chi connectivity index (χ2n) is 3.81. The first-order valence-electron chi connectivity index (χ1n) is 5.47. The number of carbonyl (C=O) groups excluding carboxylic acids is 1. The molecule has 0 N–H and O–H groups in total. The Kier molecular flexibility index (Phi) is 5.41. The van der Waals surface area contributed by atoms with Crippen LogP contribution in [-0.2, 0) is 11.2 Å². The lowest BCUT2D eigenvalue weighted by Gasteiger charge is -2.10. The Hall–Kier alpha value is -0.820. The number of hydrogen-bond donors (Lipinski definition) is 0. The number of carbonyl (C=O) groups is 1. The quantitative estimate of drug-likeness (QED) is 0.672. The topological polar surface area (TPSA) is 17.1 Å². The molecule has 0 heterocycles. The highest BCUT2D eigenvalue weighted by molar-refractivity contribution is 6.63. The minimum absolute atomic E-state index is 0.0249. The molecule has 0 aliphatic rings. The molecule has 1 unspecified atom stereocenters. The van der Waals surface area contributed by atoms with Crippen molar-refractivity contribution in [3.05, 3.63) is 35.9 Å². The van der Waals surface area contributed by atoms with Crippen molar-refractivity contribution in [3.63, 3.8) is 0 Å². The summed E-state index contributed by atoms with van der Waals surface area (Å²) in [4.78, 5) is 11.1. The van der Waals surface area contributed by atoms with E-state index in [9.17, 15) is 4.79 Å². The van der Waals surface area contributed by atoms with Gasteiger partial charge < -0.3 is 0 Å². The number of hydrogen-bond acceptors (Lipinski definition) is 1. The van der Waals surface area contributed by atoms with E-state index in [1.807, 2.05) is 18.2 Å². The summed E-state index contributed by atoms with van der Waals surface area (Å²) in [5.41, 5.74) is 1.27. The van der Waals surface area contributed by atoms with Gasteiger partial charge >= 0.3 is 0 Å². The van der Waals surface area contributed by atoms with Crippen molar-refractivity contribution in [1.29, 1.82) is 0 Å². The fourth-order valence-corrected chi connectivity index (χ4v) is 1.92. The molecule has 1 nitrogen and oxygen atoms in total. The molecule has 1 atom stereocenters. The highest BCUT2D eigenvalue weighted by Crippen LogP contribution is 2.17. The van der Waals surface area contributed by atoms with Crippen LogP contribution in [0.5, 0.6) is 0 Å². The summed E-state index contributed by atoms with van der Waals surface area (Å²) in [6.45, 7) is 2.08. The van der Waals surface area contributed by atoms with Gasteiger partial charge in [0.25, 0.3) is 0 Å². The van der Waals surface area contributed by atoms with Crippen molar-refractivity contribution in [2.24, 2.45) is 5.92 Å². The van der Waals surface area contributed by atoms with Gasteiger partial charge in [-0.15, -0.1) is 0 Å². The molecule has 1 aromatic rings. The van der Waals surface area contributed by atoms with E-state index in [-0.39, 0.29) is 11.2 Å². The maximum absolute atomic E-state index is 11.1. The molecule has 82 valence electrons. The second kappa shape index (κ2) is 6.62. The molecule has 15 heavy (non-hydrogen) atoms. The highest BCUT2D eigenvalue weighted by Gasteiger charge is 2.14. The molecule has 0 bridgehead atoms. The fourth-order valence-electron chi connectivity index (χ4n) is 1.71. The maximum atomic E-state index is 11.1. The average Bonchev–Trinajstić information content (AvgIpc) is 2.25. The predicted octanol–water partition coefficient (Wildman–Crippen LogP) is 3.80. The van der Waals surface area contributed by atoms with Gasteiger partial charge in [0.2, 0.25) is 5.24 Å². The van der Waals surface area contributed by atoms with Crippen LogP contribution in [0.1, 0.15) is 31.7 Å². The van der Waals surface area contributed by atoms with Crippen LogP contribution < -0.4 is 0 Å².